The summed E-state index contributed by atoms with van der Waals surface area (Å²) in [6.45, 7) is 0.279. The number of benzene rings is 2. The van der Waals surface area contributed by atoms with Crippen LogP contribution in [-0.2, 0) is 14.4 Å². The first-order valence-electron chi connectivity index (χ1n) is 9.14. The molecule has 10 heteroatoms. The van der Waals surface area contributed by atoms with Gasteiger partial charge in [0.15, 0.2) is 0 Å². The molecule has 1 heterocycles. The molecule has 3 N–H and O–H groups in total. The minimum Gasteiger partial charge on any atom is -0.492 e. The molecule has 0 aliphatic carbocycles. The van der Waals surface area contributed by atoms with Crippen molar-refractivity contribution in [2.24, 2.45) is 0 Å². The van der Waals surface area contributed by atoms with E-state index in [0.29, 0.717) is 22.2 Å². The number of para-hydroxylation sites is 1. The topological polar surface area (TPSA) is 96.5 Å². The zero-order valence-corrected chi connectivity index (χ0v) is 18.1. The quantitative estimate of drug-likeness (QED) is 0.424. The third-order valence-corrected chi connectivity index (χ3v) is 5.92. The van der Waals surface area contributed by atoms with Crippen molar-refractivity contribution < 1.29 is 19.1 Å². The molecule has 0 saturated heterocycles. The van der Waals surface area contributed by atoms with E-state index in [2.05, 4.69) is 16.2 Å². The second-order valence-corrected chi connectivity index (χ2v) is 8.51. The first-order chi connectivity index (χ1) is 14.4. The molecule has 0 aromatic heterocycles. The van der Waals surface area contributed by atoms with Crippen LogP contribution in [0.2, 0.25) is 10.0 Å². The van der Waals surface area contributed by atoms with Gasteiger partial charge in [-0.3, -0.25) is 25.2 Å². The zero-order valence-electron chi connectivity index (χ0n) is 15.7. The van der Waals surface area contributed by atoms with Gasteiger partial charge in [0.1, 0.15) is 5.75 Å². The minimum absolute atomic E-state index is 0.0523. The van der Waals surface area contributed by atoms with E-state index >= 15 is 0 Å². The van der Waals surface area contributed by atoms with Crippen molar-refractivity contribution in [3.63, 3.8) is 0 Å². The van der Waals surface area contributed by atoms with Gasteiger partial charge in [-0.25, -0.2) is 0 Å². The minimum atomic E-state index is -0.561. The van der Waals surface area contributed by atoms with Gasteiger partial charge >= 0.3 is 0 Å². The number of carbonyl (C=O) groups is 3. The summed E-state index contributed by atoms with van der Waals surface area (Å²) in [5.74, 6) is -0.558. The molecule has 3 amide bonds. The van der Waals surface area contributed by atoms with Crippen LogP contribution in [0.15, 0.2) is 47.4 Å². The Morgan fingerprint density at radius 2 is 1.87 bits per heavy atom. The molecule has 1 atom stereocenters. The fraction of sp³-hybridized carbons (Fsp3) is 0.250. The van der Waals surface area contributed by atoms with Crippen LogP contribution in [0.5, 0.6) is 5.75 Å². The molecule has 7 nitrogen and oxygen atoms in total. The van der Waals surface area contributed by atoms with E-state index in [1.165, 1.54) is 11.8 Å². The van der Waals surface area contributed by atoms with Crippen molar-refractivity contribution in [1.82, 2.24) is 10.9 Å². The number of hydrazine groups is 1. The summed E-state index contributed by atoms with van der Waals surface area (Å²) >= 11 is 13.2. The summed E-state index contributed by atoms with van der Waals surface area (Å²) in [7, 11) is 0. The molecule has 0 bridgehead atoms. The lowest BCUT2D eigenvalue weighted by Crippen LogP contribution is -2.44. The van der Waals surface area contributed by atoms with Gasteiger partial charge in [-0.1, -0.05) is 35.3 Å². The van der Waals surface area contributed by atoms with Crippen LogP contribution >= 0.6 is 35.0 Å². The van der Waals surface area contributed by atoms with Crippen LogP contribution in [0.1, 0.15) is 19.3 Å². The summed E-state index contributed by atoms with van der Waals surface area (Å²) in [6.07, 6.45) is 0.527. The molecule has 1 unspecified atom stereocenters. The number of fused-ring (bicyclic) bond motifs is 1. The molecule has 158 valence electrons. The second-order valence-electron chi connectivity index (χ2n) is 6.42. The van der Waals surface area contributed by atoms with Gasteiger partial charge in [-0.05, 0) is 36.8 Å². The normalized spacial score (nSPS) is 15.0. The van der Waals surface area contributed by atoms with E-state index in [9.17, 15) is 14.4 Å². The van der Waals surface area contributed by atoms with Crippen molar-refractivity contribution in [2.75, 3.05) is 11.9 Å². The van der Waals surface area contributed by atoms with Gasteiger partial charge in [-0.15, -0.1) is 11.8 Å². The Bertz CT molecular complexity index is 957. The fourth-order valence-electron chi connectivity index (χ4n) is 2.66. The van der Waals surface area contributed by atoms with Crippen molar-refractivity contribution >= 4 is 58.4 Å². The highest BCUT2D eigenvalue weighted by molar-refractivity contribution is 8.01. The third kappa shape index (κ3) is 6.29. The number of halogens is 2. The van der Waals surface area contributed by atoms with Crippen LogP contribution in [0, 0.1) is 0 Å². The smallest absolute Gasteiger partial charge is 0.240 e. The Morgan fingerprint density at radius 1 is 1.10 bits per heavy atom. The predicted octanol–water partition coefficient (Wildman–Crippen LogP) is 3.80. The largest absolute Gasteiger partial charge is 0.492 e. The average Bonchev–Trinajstić information content (AvgIpc) is 2.71. The number of ether oxygens (including phenoxy) is 1. The van der Waals surface area contributed by atoms with E-state index < -0.39 is 11.2 Å². The number of nitrogens with one attached hydrogen (secondary N) is 3. The molecule has 0 saturated carbocycles. The lowest BCUT2D eigenvalue weighted by Gasteiger charge is -2.23. The highest BCUT2D eigenvalue weighted by Crippen LogP contribution is 2.36. The zero-order chi connectivity index (χ0) is 21.5. The Hall–Kier alpha value is -2.42. The lowest BCUT2D eigenvalue weighted by molar-refractivity contribution is -0.129. The van der Waals surface area contributed by atoms with Gasteiger partial charge in [0.05, 0.1) is 22.6 Å². The van der Waals surface area contributed by atoms with Crippen LogP contribution < -0.4 is 20.9 Å². The molecule has 30 heavy (non-hydrogen) atoms. The monoisotopic (exact) mass is 467 g/mol. The molecular weight excluding hydrogens is 449 g/mol. The predicted molar refractivity (Wildman–Crippen MR) is 117 cm³/mol. The maximum Gasteiger partial charge on any atom is 0.240 e. The first-order valence-corrected chi connectivity index (χ1v) is 10.8. The molecule has 0 fully saturated rings. The van der Waals surface area contributed by atoms with Gasteiger partial charge in [-0.2, -0.15) is 0 Å². The summed E-state index contributed by atoms with van der Waals surface area (Å²) in [5, 5.41) is 3.12. The third-order valence-electron chi connectivity index (χ3n) is 4.12. The number of amides is 3. The van der Waals surface area contributed by atoms with E-state index in [-0.39, 0.29) is 31.3 Å². The summed E-state index contributed by atoms with van der Waals surface area (Å²) in [6, 6.07) is 12.3. The van der Waals surface area contributed by atoms with Crippen LogP contribution in [0.4, 0.5) is 5.69 Å². The molecule has 1 aliphatic rings. The molecule has 2 aromatic carbocycles. The van der Waals surface area contributed by atoms with E-state index in [1.54, 1.807) is 24.3 Å². The van der Waals surface area contributed by atoms with Crippen molar-refractivity contribution in [3.8, 4) is 5.75 Å². The maximum atomic E-state index is 12.1. The first kappa shape index (κ1) is 22.3. The summed E-state index contributed by atoms with van der Waals surface area (Å²) < 4.78 is 5.50. The Kier molecular flexibility index (Phi) is 7.84. The SMILES string of the molecule is O=C(CCCOc1ccc(Cl)cc1Cl)NNC(=O)CC1Sc2ccccc2NC1=O. The average molecular weight is 468 g/mol. The number of rotatable bonds is 7. The van der Waals surface area contributed by atoms with Crippen molar-refractivity contribution in [2.45, 2.75) is 29.4 Å². The highest BCUT2D eigenvalue weighted by atomic mass is 35.5. The maximum absolute atomic E-state index is 12.1. The van der Waals surface area contributed by atoms with E-state index in [4.69, 9.17) is 27.9 Å². The van der Waals surface area contributed by atoms with Crippen molar-refractivity contribution in [3.05, 3.63) is 52.5 Å². The molecule has 2 aromatic rings. The number of carbonyl (C=O) groups excluding carboxylic acids is 3. The summed E-state index contributed by atoms with van der Waals surface area (Å²) in [4.78, 5) is 37.0. The number of anilines is 1. The molecular formula is C20H19Cl2N3O4S. The number of hydrogen-bond acceptors (Lipinski definition) is 5. The Morgan fingerprint density at radius 3 is 2.67 bits per heavy atom. The molecule has 3 rings (SSSR count). The second kappa shape index (κ2) is 10.6. The standard InChI is InChI=1S/C20H19Cl2N3O4S/c21-12-7-8-15(13(22)10-12)29-9-3-6-18(26)24-25-19(27)11-17-20(28)23-14-4-1-2-5-16(14)30-17/h1-2,4-5,7-8,10,17H,3,6,9,11H2,(H,23,28)(H,24,26)(H,25,27). The number of thioether (sulfide) groups is 1. The van der Waals surface area contributed by atoms with Gasteiger partial charge in [0, 0.05) is 22.8 Å². The van der Waals surface area contributed by atoms with Gasteiger partial charge in [0.2, 0.25) is 17.7 Å². The molecule has 1 aliphatic heterocycles. The molecule has 0 radical (unpaired) electrons. The fourth-order valence-corrected chi connectivity index (χ4v) is 4.23. The van der Waals surface area contributed by atoms with E-state index in [0.717, 1.165) is 10.6 Å². The summed E-state index contributed by atoms with van der Waals surface area (Å²) in [5.41, 5.74) is 5.42. The number of hydrogen-bond donors (Lipinski definition) is 3. The van der Waals surface area contributed by atoms with Crippen LogP contribution in [0.25, 0.3) is 0 Å². The highest BCUT2D eigenvalue weighted by Gasteiger charge is 2.28. The molecule has 0 spiro atoms. The van der Waals surface area contributed by atoms with Gasteiger partial charge in [0.25, 0.3) is 0 Å². The Labute approximate surface area is 187 Å². The van der Waals surface area contributed by atoms with E-state index in [1.807, 2.05) is 18.2 Å². The Balaban J connectivity index is 1.34. The van der Waals surface area contributed by atoms with Gasteiger partial charge < -0.3 is 10.1 Å². The van der Waals surface area contributed by atoms with Crippen LogP contribution in [-0.4, -0.2) is 29.6 Å². The van der Waals surface area contributed by atoms with Crippen molar-refractivity contribution in [1.29, 1.82) is 0 Å². The van der Waals surface area contributed by atoms with Crippen LogP contribution in [0.3, 0.4) is 0 Å². The lowest BCUT2D eigenvalue weighted by atomic mass is 10.2.